The third-order valence-corrected chi connectivity index (χ3v) is 19.3. The first kappa shape index (κ1) is 60.9. The largest absolute Gasteiger partial charge is 0.490 e. The minimum atomic E-state index is -4.19. The summed E-state index contributed by atoms with van der Waals surface area (Å²) in [6.07, 6.45) is 6.34. The summed E-state index contributed by atoms with van der Waals surface area (Å²) in [5.41, 5.74) is 3.28. The molecular weight excluding hydrogens is 1270 g/mol. The summed E-state index contributed by atoms with van der Waals surface area (Å²) >= 11 is 0. The van der Waals surface area contributed by atoms with E-state index < -0.39 is 40.5 Å². The zero-order valence-electron chi connectivity index (χ0n) is 52.5. The average Bonchev–Trinajstić information content (AvgIpc) is 0.665. The van der Waals surface area contributed by atoms with Crippen LogP contribution in [0.2, 0.25) is 0 Å². The van der Waals surface area contributed by atoms with E-state index in [1.807, 2.05) is 113 Å². The van der Waals surface area contributed by atoms with Crippen molar-refractivity contribution in [1.29, 1.82) is 0 Å². The van der Waals surface area contributed by atoms with Gasteiger partial charge in [0.15, 0.2) is 46.0 Å². The molecule has 15 aromatic rings. The van der Waals surface area contributed by atoms with Crippen LogP contribution in [0.15, 0.2) is 133 Å². The predicted molar refractivity (Wildman–Crippen MR) is 377 cm³/mol. The number of ether oxygens (including phenoxy) is 4. The minimum absolute atomic E-state index is 0.00420. The fraction of sp³-hybridized carbons (Fsp3) is 0.216. The van der Waals surface area contributed by atoms with Crippen LogP contribution in [0.5, 0.6) is 46.0 Å². The van der Waals surface area contributed by atoms with Crippen molar-refractivity contribution < 1.29 is 69.4 Å². The lowest BCUT2D eigenvalue weighted by Crippen LogP contribution is -2.10. The van der Waals surface area contributed by atoms with Crippen molar-refractivity contribution in [3.8, 4) is 68.2 Å². The first-order chi connectivity index (χ1) is 45.0. The van der Waals surface area contributed by atoms with Crippen molar-refractivity contribution in [1.82, 2.24) is 0 Å². The molecular formula is C74H62O16S4. The Bertz CT molecular complexity index is 5430. The third kappa shape index (κ3) is 9.68. The first-order valence-electron chi connectivity index (χ1n) is 31.0. The Labute approximate surface area is 542 Å². The third-order valence-electron chi connectivity index (χ3n) is 17.4. The van der Waals surface area contributed by atoms with Gasteiger partial charge in [-0.1, -0.05) is 113 Å². The number of hydrogen-bond acceptors (Lipinski definition) is 16. The fourth-order valence-corrected chi connectivity index (χ4v) is 16.4. The van der Waals surface area contributed by atoms with Crippen LogP contribution in [-0.4, -0.2) is 85.1 Å². The summed E-state index contributed by atoms with van der Waals surface area (Å²) in [5, 5.41) is 16.1. The number of benzene rings is 15. The molecule has 0 heterocycles. The van der Waals surface area contributed by atoms with Gasteiger partial charge >= 0.3 is 40.5 Å². The molecule has 16 nitrogen and oxygen atoms in total. The van der Waals surface area contributed by atoms with E-state index in [1.165, 1.54) is 0 Å². The van der Waals surface area contributed by atoms with E-state index in [1.54, 1.807) is 24.3 Å². The normalized spacial score (nSPS) is 12.9. The van der Waals surface area contributed by atoms with E-state index in [4.69, 9.17) is 35.7 Å². The lowest BCUT2D eigenvalue weighted by atomic mass is 9.75. The number of rotatable bonds is 22. The molecule has 0 fully saturated rings. The highest BCUT2D eigenvalue weighted by molar-refractivity contribution is 7.87. The lowest BCUT2D eigenvalue weighted by Gasteiger charge is -2.28. The zero-order chi connectivity index (χ0) is 65.7. The van der Waals surface area contributed by atoms with Gasteiger partial charge in [-0.15, -0.1) is 0 Å². The molecule has 20 heteroatoms. The quantitative estimate of drug-likeness (QED) is 0.0351. The maximum atomic E-state index is 13.6. The second-order valence-corrected chi connectivity index (χ2v) is 30.5. The highest BCUT2D eigenvalue weighted by Crippen LogP contribution is 2.62. The molecule has 0 spiro atoms. The Kier molecular flexibility index (Phi) is 14.3. The second-order valence-electron chi connectivity index (χ2n) is 24.2. The van der Waals surface area contributed by atoms with Gasteiger partial charge in [-0.05, 0) is 183 Å². The first-order valence-corrected chi connectivity index (χ1v) is 38.3. The van der Waals surface area contributed by atoms with Crippen LogP contribution >= 0.6 is 0 Å². The summed E-state index contributed by atoms with van der Waals surface area (Å²) in [5.74, 6) is 0.755. The van der Waals surface area contributed by atoms with Crippen molar-refractivity contribution in [2.24, 2.45) is 0 Å². The van der Waals surface area contributed by atoms with Crippen molar-refractivity contribution in [2.75, 3.05) is 51.5 Å². The summed E-state index contributed by atoms with van der Waals surface area (Å²) in [6.45, 7) is 8.68. The van der Waals surface area contributed by atoms with E-state index >= 15 is 0 Å². The van der Waals surface area contributed by atoms with Gasteiger partial charge < -0.3 is 35.7 Å². The molecule has 0 bridgehead atoms. The van der Waals surface area contributed by atoms with Gasteiger partial charge in [0.1, 0.15) is 0 Å². The molecule has 0 unspecified atom stereocenters. The number of hydrogen-bond donors (Lipinski definition) is 0. The Morgan fingerprint density at radius 2 is 0.468 bits per heavy atom. The Balaban J connectivity index is 1.28. The van der Waals surface area contributed by atoms with Crippen LogP contribution in [0.25, 0.3) is 152 Å². The van der Waals surface area contributed by atoms with Crippen LogP contribution in [0, 0.1) is 0 Å². The van der Waals surface area contributed by atoms with Gasteiger partial charge in [-0.3, -0.25) is 0 Å². The molecule has 0 amide bonds. The van der Waals surface area contributed by atoms with Gasteiger partial charge in [0.2, 0.25) is 0 Å². The van der Waals surface area contributed by atoms with Crippen molar-refractivity contribution in [2.45, 2.75) is 53.4 Å². The molecule has 0 aliphatic rings. The van der Waals surface area contributed by atoms with Crippen molar-refractivity contribution in [3.05, 3.63) is 133 Å². The summed E-state index contributed by atoms with van der Waals surface area (Å²) < 4.78 is 158. The molecule has 15 aromatic carbocycles. The SMILES string of the molecule is CCCOc1cc2c3cc(OCCC)c(OS(C)(=O)=O)c4ccc5c6c(-c7ccccc7)c7c8ccc9c(OS(C)(=O)=O)c(OCCC)cc%10c%11cc(OCCC)c(OS(C)(=O)=O)c%12ccc(c7c(-c7ccccc7)c6c6ccc(c1OS(C)(=O)=O)c2c6c5c43)c(c%12%11)c8c9%10. The van der Waals surface area contributed by atoms with Crippen LogP contribution in [0.3, 0.4) is 0 Å². The maximum Gasteiger partial charge on any atom is 0.306 e. The second kappa shape index (κ2) is 22.1. The smallest absolute Gasteiger partial charge is 0.306 e. The Morgan fingerprint density at radius 3 is 0.670 bits per heavy atom. The summed E-state index contributed by atoms with van der Waals surface area (Å²) in [6, 6.07) is 42.9. The number of fused-ring (bicyclic) bond motifs is 8. The predicted octanol–water partition coefficient (Wildman–Crippen LogP) is 17.1. The standard InChI is InChI=1S/C74H62O16S4/c1-9-31-83-53-35-49-50-36-54(84-32-10-2)72(88-92(6,77)78)46-28-24-42-64-58(40-21-17-14-18-22-40)66-44-26-30-48-62-52(38-56(86-34-12-4)74(48)90-94(8,81)82)51-37-55(85-33-11-3)73(89-93(7,79)80)47-29-25-43(69(61(47)51)70(44)62)65(66)57(39-19-15-13-16-20-39)63(64)41-23-27-45(71(53)87-91(5,75)76)59(49)67(41)68(42)60(46)50/h13-30,35-38H,9-12,31-34H2,1-8H3. The Hall–Kier alpha value is -9.34. The van der Waals surface area contributed by atoms with Crippen molar-refractivity contribution >= 4 is 170 Å². The summed E-state index contributed by atoms with van der Waals surface area (Å²) in [7, 11) is -16.7. The van der Waals surface area contributed by atoms with E-state index in [0.29, 0.717) is 112 Å². The van der Waals surface area contributed by atoms with Gasteiger partial charge in [-0.25, -0.2) is 0 Å². The van der Waals surface area contributed by atoms with Crippen LogP contribution in [0.1, 0.15) is 53.4 Å². The molecule has 15 rings (SSSR count). The zero-order valence-corrected chi connectivity index (χ0v) is 55.8. The molecule has 0 saturated carbocycles. The molecule has 0 aliphatic carbocycles. The van der Waals surface area contributed by atoms with E-state index in [9.17, 15) is 33.7 Å². The molecule has 0 atom stereocenters. The molecule has 94 heavy (non-hydrogen) atoms. The van der Waals surface area contributed by atoms with Crippen LogP contribution in [-0.2, 0) is 40.5 Å². The molecule has 0 N–H and O–H groups in total. The van der Waals surface area contributed by atoms with Gasteiger partial charge in [0.25, 0.3) is 0 Å². The van der Waals surface area contributed by atoms with Crippen molar-refractivity contribution in [3.63, 3.8) is 0 Å². The van der Waals surface area contributed by atoms with Gasteiger partial charge in [0.05, 0.1) is 51.5 Å². The highest BCUT2D eigenvalue weighted by atomic mass is 32.2. The van der Waals surface area contributed by atoms with Crippen LogP contribution < -0.4 is 35.7 Å². The molecule has 0 saturated heterocycles. The minimum Gasteiger partial charge on any atom is -0.490 e. The molecule has 0 aliphatic heterocycles. The maximum absolute atomic E-state index is 13.6. The van der Waals surface area contributed by atoms with Gasteiger partial charge in [0, 0.05) is 43.1 Å². The molecule has 0 aromatic heterocycles. The average molecular weight is 1340 g/mol. The molecule has 0 radical (unpaired) electrons. The van der Waals surface area contributed by atoms with Gasteiger partial charge in [-0.2, -0.15) is 33.7 Å². The summed E-state index contributed by atoms with van der Waals surface area (Å²) in [4.78, 5) is 0. The van der Waals surface area contributed by atoms with E-state index in [0.717, 1.165) is 90.4 Å². The Morgan fingerprint density at radius 1 is 0.255 bits per heavy atom. The van der Waals surface area contributed by atoms with Crippen LogP contribution in [0.4, 0.5) is 0 Å². The lowest BCUT2D eigenvalue weighted by molar-refractivity contribution is 0.308. The highest BCUT2D eigenvalue weighted by Gasteiger charge is 2.35. The monoisotopic (exact) mass is 1330 g/mol. The topological polar surface area (TPSA) is 210 Å². The fourth-order valence-electron chi connectivity index (χ4n) is 14.5. The van der Waals surface area contributed by atoms with E-state index in [2.05, 4.69) is 24.3 Å². The molecule has 478 valence electrons. The van der Waals surface area contributed by atoms with E-state index in [-0.39, 0.29) is 72.4 Å².